The van der Waals surface area contributed by atoms with Crippen LogP contribution < -0.4 is 10.9 Å². The van der Waals surface area contributed by atoms with Gasteiger partial charge in [-0.1, -0.05) is 53.7 Å². The van der Waals surface area contributed by atoms with Gasteiger partial charge < -0.3 is 10.1 Å². The lowest BCUT2D eigenvalue weighted by Gasteiger charge is -2.12. The molecule has 2 heterocycles. The number of methoxy groups -OCH3 is 1. The van der Waals surface area contributed by atoms with Gasteiger partial charge >= 0.3 is 5.97 Å². The number of thioether (sulfide) groups is 1. The molecule has 10 heteroatoms. The van der Waals surface area contributed by atoms with Gasteiger partial charge in [-0.2, -0.15) is 0 Å². The SMILES string of the molecule is COC(=O)CCn1c(SCC(=O)Nc2nc(-c3ccc(C)cc3)cs2)nc2ccccc2c1=O. The third kappa shape index (κ3) is 5.52. The standard InChI is InChI=1S/C24H22N4O4S2/c1-15-7-9-16(10-8-15)19-13-33-23(25-19)27-20(29)14-34-24-26-18-6-4-3-5-17(18)22(31)28(24)12-11-21(30)32-2/h3-10,13H,11-12,14H2,1-2H3,(H,25,27,29). The number of aromatic nitrogens is 3. The first-order valence-corrected chi connectivity index (χ1v) is 12.3. The zero-order valence-corrected chi connectivity index (χ0v) is 20.2. The van der Waals surface area contributed by atoms with Crippen LogP contribution in [0.5, 0.6) is 0 Å². The molecule has 2 aromatic heterocycles. The number of rotatable bonds is 8. The van der Waals surface area contributed by atoms with E-state index in [0.717, 1.165) is 28.6 Å². The Morgan fingerprint density at radius 2 is 1.88 bits per heavy atom. The van der Waals surface area contributed by atoms with Crippen molar-refractivity contribution in [2.75, 3.05) is 18.2 Å². The molecule has 0 atom stereocenters. The number of aryl methyl sites for hydroxylation is 1. The van der Waals surface area contributed by atoms with Gasteiger partial charge in [0.1, 0.15) is 0 Å². The van der Waals surface area contributed by atoms with Gasteiger partial charge in [-0.3, -0.25) is 19.0 Å². The number of hydrogen-bond acceptors (Lipinski definition) is 8. The van der Waals surface area contributed by atoms with Crippen molar-refractivity contribution in [2.24, 2.45) is 0 Å². The minimum Gasteiger partial charge on any atom is -0.469 e. The summed E-state index contributed by atoms with van der Waals surface area (Å²) < 4.78 is 6.10. The first-order valence-electron chi connectivity index (χ1n) is 10.5. The van der Waals surface area contributed by atoms with Gasteiger partial charge in [-0.15, -0.1) is 11.3 Å². The molecule has 1 amide bonds. The molecule has 4 rings (SSSR count). The average Bonchev–Trinajstić information content (AvgIpc) is 3.30. The number of hydrogen-bond donors (Lipinski definition) is 1. The van der Waals surface area contributed by atoms with Crippen LogP contribution in [0.15, 0.2) is 63.9 Å². The summed E-state index contributed by atoms with van der Waals surface area (Å²) in [4.78, 5) is 46.3. The molecule has 0 spiro atoms. The maximum absolute atomic E-state index is 13.0. The Morgan fingerprint density at radius 1 is 1.12 bits per heavy atom. The summed E-state index contributed by atoms with van der Waals surface area (Å²) >= 11 is 2.48. The van der Waals surface area contributed by atoms with E-state index in [1.165, 1.54) is 23.0 Å². The number of nitrogens with one attached hydrogen (secondary N) is 1. The van der Waals surface area contributed by atoms with Crippen molar-refractivity contribution in [1.82, 2.24) is 14.5 Å². The topological polar surface area (TPSA) is 103 Å². The largest absolute Gasteiger partial charge is 0.469 e. The number of amides is 1. The summed E-state index contributed by atoms with van der Waals surface area (Å²) in [5.74, 6) is -0.666. The van der Waals surface area contributed by atoms with Crippen molar-refractivity contribution in [3.63, 3.8) is 0 Å². The second-order valence-corrected chi connectivity index (χ2v) is 9.24. The van der Waals surface area contributed by atoms with Crippen molar-refractivity contribution in [1.29, 1.82) is 0 Å². The quantitative estimate of drug-likeness (QED) is 0.223. The molecule has 0 unspecified atom stereocenters. The van der Waals surface area contributed by atoms with Gasteiger partial charge in [0, 0.05) is 17.5 Å². The van der Waals surface area contributed by atoms with Gasteiger partial charge in [0.25, 0.3) is 5.56 Å². The van der Waals surface area contributed by atoms with E-state index in [-0.39, 0.29) is 30.2 Å². The molecule has 2 aromatic carbocycles. The summed E-state index contributed by atoms with van der Waals surface area (Å²) in [7, 11) is 1.30. The van der Waals surface area contributed by atoms with Crippen LogP contribution in [0, 0.1) is 6.92 Å². The number of carbonyl (C=O) groups is 2. The Bertz CT molecular complexity index is 1400. The zero-order chi connectivity index (χ0) is 24.1. The van der Waals surface area contributed by atoms with E-state index in [4.69, 9.17) is 4.74 Å². The van der Waals surface area contributed by atoms with Gasteiger partial charge in [0.2, 0.25) is 5.91 Å². The van der Waals surface area contributed by atoms with E-state index in [0.29, 0.717) is 21.2 Å². The molecule has 0 aliphatic carbocycles. The summed E-state index contributed by atoms with van der Waals surface area (Å²) in [6, 6.07) is 15.0. The highest BCUT2D eigenvalue weighted by atomic mass is 32.2. The van der Waals surface area contributed by atoms with E-state index in [2.05, 4.69) is 15.3 Å². The molecule has 0 aliphatic rings. The van der Waals surface area contributed by atoms with E-state index in [9.17, 15) is 14.4 Å². The van der Waals surface area contributed by atoms with Crippen molar-refractivity contribution in [3.05, 3.63) is 69.8 Å². The molecule has 34 heavy (non-hydrogen) atoms. The van der Waals surface area contributed by atoms with Crippen LogP contribution >= 0.6 is 23.1 Å². The number of esters is 1. The number of anilines is 1. The van der Waals surface area contributed by atoms with Gasteiger partial charge in [-0.25, -0.2) is 9.97 Å². The second-order valence-electron chi connectivity index (χ2n) is 7.44. The Kier molecular flexibility index (Phi) is 7.39. The fourth-order valence-corrected chi connectivity index (χ4v) is 4.79. The minimum absolute atomic E-state index is 0.0249. The molecule has 0 saturated heterocycles. The van der Waals surface area contributed by atoms with Gasteiger partial charge in [0.15, 0.2) is 10.3 Å². The third-order valence-corrected chi connectivity index (χ3v) is 6.76. The molecule has 0 bridgehead atoms. The predicted molar refractivity (Wildman–Crippen MR) is 134 cm³/mol. The Morgan fingerprint density at radius 3 is 2.65 bits per heavy atom. The summed E-state index contributed by atoms with van der Waals surface area (Å²) in [6.07, 6.45) is 0.0249. The molecule has 0 radical (unpaired) electrons. The number of fused-ring (bicyclic) bond motifs is 1. The Balaban J connectivity index is 1.48. The van der Waals surface area contributed by atoms with E-state index < -0.39 is 5.97 Å². The van der Waals surface area contributed by atoms with Crippen LogP contribution in [0.25, 0.3) is 22.2 Å². The van der Waals surface area contributed by atoms with Crippen molar-refractivity contribution < 1.29 is 14.3 Å². The number of thiazole rings is 1. The average molecular weight is 495 g/mol. The highest BCUT2D eigenvalue weighted by Crippen LogP contribution is 2.25. The molecule has 0 fully saturated rings. The maximum atomic E-state index is 13.0. The van der Waals surface area contributed by atoms with Crippen molar-refractivity contribution >= 4 is 51.0 Å². The molecule has 0 saturated carbocycles. The lowest BCUT2D eigenvalue weighted by molar-refractivity contribution is -0.140. The molecule has 0 aliphatic heterocycles. The molecule has 174 valence electrons. The fourth-order valence-electron chi connectivity index (χ4n) is 3.23. The lowest BCUT2D eigenvalue weighted by atomic mass is 10.1. The fraction of sp³-hybridized carbons (Fsp3) is 0.208. The molecular formula is C24H22N4O4S2. The number of nitrogens with zero attached hydrogens (tertiary/aromatic N) is 3. The van der Waals surface area contributed by atoms with Crippen molar-refractivity contribution in [2.45, 2.75) is 25.0 Å². The lowest BCUT2D eigenvalue weighted by Crippen LogP contribution is -2.25. The number of benzene rings is 2. The predicted octanol–water partition coefficient (Wildman–Crippen LogP) is 4.12. The van der Waals surface area contributed by atoms with E-state index >= 15 is 0 Å². The number of ether oxygens (including phenoxy) is 1. The van der Waals surface area contributed by atoms with Crippen LogP contribution in [0.3, 0.4) is 0 Å². The Hall–Kier alpha value is -3.50. The molecule has 4 aromatic rings. The summed E-state index contributed by atoms with van der Waals surface area (Å²) in [6.45, 7) is 2.13. The van der Waals surface area contributed by atoms with Crippen LogP contribution in [0.2, 0.25) is 0 Å². The minimum atomic E-state index is -0.429. The van der Waals surface area contributed by atoms with Crippen LogP contribution in [0.1, 0.15) is 12.0 Å². The van der Waals surface area contributed by atoms with Crippen molar-refractivity contribution in [3.8, 4) is 11.3 Å². The number of para-hydroxylation sites is 1. The zero-order valence-electron chi connectivity index (χ0n) is 18.6. The Labute approximate surface area is 204 Å². The maximum Gasteiger partial charge on any atom is 0.307 e. The summed E-state index contributed by atoms with van der Waals surface area (Å²) in [5, 5.41) is 6.01. The van der Waals surface area contributed by atoms with E-state index in [1.54, 1.807) is 24.3 Å². The third-order valence-electron chi connectivity index (χ3n) is 5.02. The highest BCUT2D eigenvalue weighted by molar-refractivity contribution is 7.99. The van der Waals surface area contributed by atoms with E-state index in [1.807, 2.05) is 36.6 Å². The smallest absolute Gasteiger partial charge is 0.307 e. The molecular weight excluding hydrogens is 472 g/mol. The second kappa shape index (κ2) is 10.6. The number of carbonyl (C=O) groups excluding carboxylic acids is 2. The van der Waals surface area contributed by atoms with Crippen LogP contribution in [-0.2, 0) is 20.9 Å². The summed E-state index contributed by atoms with van der Waals surface area (Å²) in [5.41, 5.74) is 3.21. The molecule has 8 nitrogen and oxygen atoms in total. The van der Waals surface area contributed by atoms with Gasteiger partial charge in [0.05, 0.1) is 35.9 Å². The normalized spacial score (nSPS) is 10.9. The first kappa shape index (κ1) is 23.7. The van der Waals surface area contributed by atoms with Gasteiger partial charge in [-0.05, 0) is 19.1 Å². The first-order chi connectivity index (χ1) is 16.4. The molecule has 1 N–H and O–H groups in total. The monoisotopic (exact) mass is 494 g/mol. The van der Waals surface area contributed by atoms with Crippen LogP contribution in [-0.4, -0.2) is 39.3 Å². The van der Waals surface area contributed by atoms with Crippen LogP contribution in [0.4, 0.5) is 5.13 Å². The highest BCUT2D eigenvalue weighted by Gasteiger charge is 2.15.